The third-order valence-electron chi connectivity index (χ3n) is 4.35. The van der Waals surface area contributed by atoms with E-state index in [-0.39, 0.29) is 12.3 Å². The summed E-state index contributed by atoms with van der Waals surface area (Å²) in [5.74, 6) is 0.753. The lowest BCUT2D eigenvalue weighted by Gasteiger charge is -2.17. The first kappa shape index (κ1) is 20.3. The molecule has 0 bridgehead atoms. The lowest BCUT2D eigenvalue weighted by Crippen LogP contribution is -2.47. The van der Waals surface area contributed by atoms with Gasteiger partial charge in [-0.25, -0.2) is 0 Å². The van der Waals surface area contributed by atoms with Gasteiger partial charge in [-0.15, -0.1) is 0 Å². The van der Waals surface area contributed by atoms with Crippen molar-refractivity contribution in [3.05, 3.63) is 59.2 Å². The van der Waals surface area contributed by atoms with E-state index in [9.17, 15) is 9.59 Å². The largest absolute Gasteiger partial charge is 0.497 e. The van der Waals surface area contributed by atoms with Crippen molar-refractivity contribution in [2.75, 3.05) is 7.11 Å². The topological polar surface area (TPSA) is 76.7 Å². The summed E-state index contributed by atoms with van der Waals surface area (Å²) in [5, 5.41) is 0. The molecular weight excluding hydrogens is 344 g/mol. The zero-order chi connectivity index (χ0) is 19.8. The van der Waals surface area contributed by atoms with E-state index < -0.39 is 12.0 Å². The van der Waals surface area contributed by atoms with Crippen LogP contribution >= 0.6 is 0 Å². The lowest BCUT2D eigenvalue weighted by molar-refractivity contribution is -0.132. The summed E-state index contributed by atoms with van der Waals surface area (Å²) in [4.78, 5) is 24.1. The fourth-order valence-corrected chi connectivity index (χ4v) is 2.44. The summed E-state index contributed by atoms with van der Waals surface area (Å²) < 4.78 is 10.8. The first-order valence-corrected chi connectivity index (χ1v) is 8.85. The Labute approximate surface area is 159 Å². The van der Waals surface area contributed by atoms with Crippen LogP contribution < -0.4 is 20.3 Å². The van der Waals surface area contributed by atoms with Crippen molar-refractivity contribution in [1.82, 2.24) is 10.9 Å². The SMILES string of the molecule is COc1ccc(CCC(=O)NNC(=O)C(C)Oc2cccc(C)c2C)cc1. The number of benzene rings is 2. The molecule has 0 spiro atoms. The molecule has 27 heavy (non-hydrogen) atoms. The Kier molecular flexibility index (Phi) is 7.23. The van der Waals surface area contributed by atoms with Gasteiger partial charge in [0.25, 0.3) is 5.91 Å². The molecule has 1 atom stereocenters. The van der Waals surface area contributed by atoms with Crippen molar-refractivity contribution in [3.63, 3.8) is 0 Å². The van der Waals surface area contributed by atoms with Crippen LogP contribution in [0.5, 0.6) is 11.5 Å². The van der Waals surface area contributed by atoms with E-state index in [1.165, 1.54) is 0 Å². The molecule has 0 heterocycles. The molecule has 0 radical (unpaired) electrons. The maximum atomic E-state index is 12.1. The molecule has 0 aliphatic heterocycles. The second kappa shape index (κ2) is 9.62. The van der Waals surface area contributed by atoms with E-state index in [2.05, 4.69) is 10.9 Å². The second-order valence-electron chi connectivity index (χ2n) is 6.34. The molecule has 2 aromatic carbocycles. The van der Waals surface area contributed by atoms with Crippen LogP contribution in [0.15, 0.2) is 42.5 Å². The van der Waals surface area contributed by atoms with E-state index in [0.29, 0.717) is 12.2 Å². The maximum absolute atomic E-state index is 12.1. The zero-order valence-corrected chi connectivity index (χ0v) is 16.2. The minimum absolute atomic E-state index is 0.263. The highest BCUT2D eigenvalue weighted by atomic mass is 16.5. The molecule has 2 N–H and O–H groups in total. The Morgan fingerprint density at radius 3 is 2.41 bits per heavy atom. The molecular formula is C21H26N2O4. The molecule has 6 heteroatoms. The molecule has 2 amide bonds. The van der Waals surface area contributed by atoms with Crippen molar-refractivity contribution in [2.45, 2.75) is 39.7 Å². The molecule has 6 nitrogen and oxygen atoms in total. The third-order valence-corrected chi connectivity index (χ3v) is 4.35. The third kappa shape index (κ3) is 6.02. The molecule has 144 valence electrons. The number of carbonyl (C=O) groups excluding carboxylic acids is 2. The summed E-state index contributed by atoms with van der Waals surface area (Å²) >= 11 is 0. The quantitative estimate of drug-likeness (QED) is 0.735. The molecule has 0 aromatic heterocycles. The molecule has 0 aliphatic carbocycles. The number of amides is 2. The minimum Gasteiger partial charge on any atom is -0.497 e. The van der Waals surface area contributed by atoms with Crippen LogP contribution in [0.25, 0.3) is 0 Å². The molecule has 2 aromatic rings. The van der Waals surface area contributed by atoms with E-state index in [1.807, 2.05) is 56.3 Å². The van der Waals surface area contributed by atoms with Crippen molar-refractivity contribution < 1.29 is 19.1 Å². The molecule has 1 unspecified atom stereocenters. The smallest absolute Gasteiger partial charge is 0.279 e. The van der Waals surface area contributed by atoms with E-state index in [1.54, 1.807) is 14.0 Å². The predicted octanol–water partition coefficient (Wildman–Crippen LogP) is 2.86. The van der Waals surface area contributed by atoms with Crippen molar-refractivity contribution >= 4 is 11.8 Å². The average Bonchev–Trinajstić information content (AvgIpc) is 2.68. The average molecular weight is 370 g/mol. The summed E-state index contributed by atoms with van der Waals surface area (Å²) in [5.41, 5.74) is 7.93. The van der Waals surface area contributed by atoms with Gasteiger partial charge in [0, 0.05) is 6.42 Å². The summed E-state index contributed by atoms with van der Waals surface area (Å²) in [6.45, 7) is 5.56. The number of hydrogen-bond acceptors (Lipinski definition) is 4. The molecule has 0 saturated carbocycles. The van der Waals surface area contributed by atoms with Gasteiger partial charge in [0.2, 0.25) is 5.91 Å². The highest BCUT2D eigenvalue weighted by molar-refractivity contribution is 5.84. The number of hydrogen-bond donors (Lipinski definition) is 2. The van der Waals surface area contributed by atoms with Gasteiger partial charge in [-0.1, -0.05) is 24.3 Å². The molecule has 0 fully saturated rings. The van der Waals surface area contributed by atoms with Crippen LogP contribution in [0, 0.1) is 13.8 Å². The highest BCUT2D eigenvalue weighted by Gasteiger charge is 2.16. The van der Waals surface area contributed by atoms with Gasteiger partial charge in [0.1, 0.15) is 11.5 Å². The standard InChI is InChI=1S/C21H26N2O4/c1-14-6-5-7-19(15(14)2)27-16(3)21(25)23-22-20(24)13-10-17-8-11-18(26-4)12-9-17/h5-9,11-12,16H,10,13H2,1-4H3,(H,22,24)(H,23,25). The Balaban J connectivity index is 1.76. The van der Waals surface area contributed by atoms with E-state index in [0.717, 1.165) is 22.4 Å². The Morgan fingerprint density at radius 1 is 1.04 bits per heavy atom. The number of ether oxygens (including phenoxy) is 2. The Bertz CT molecular complexity index is 787. The monoisotopic (exact) mass is 370 g/mol. The van der Waals surface area contributed by atoms with Crippen molar-refractivity contribution in [2.24, 2.45) is 0 Å². The fraction of sp³-hybridized carbons (Fsp3) is 0.333. The molecule has 0 saturated heterocycles. The number of nitrogens with one attached hydrogen (secondary N) is 2. The van der Waals surface area contributed by atoms with Gasteiger partial charge in [0.05, 0.1) is 7.11 Å². The van der Waals surface area contributed by atoms with Gasteiger partial charge in [-0.05, 0) is 62.1 Å². The van der Waals surface area contributed by atoms with Gasteiger partial charge in [-0.3, -0.25) is 20.4 Å². The summed E-state index contributed by atoms with van der Waals surface area (Å²) in [7, 11) is 1.61. The van der Waals surface area contributed by atoms with E-state index in [4.69, 9.17) is 9.47 Å². The van der Waals surface area contributed by atoms with Gasteiger partial charge < -0.3 is 9.47 Å². The van der Waals surface area contributed by atoms with Gasteiger partial charge in [-0.2, -0.15) is 0 Å². The molecule has 0 aliphatic rings. The van der Waals surface area contributed by atoms with Crippen molar-refractivity contribution in [1.29, 1.82) is 0 Å². The number of methoxy groups -OCH3 is 1. The number of carbonyl (C=O) groups is 2. The van der Waals surface area contributed by atoms with Crippen LogP contribution in [0.1, 0.15) is 30.0 Å². The van der Waals surface area contributed by atoms with Crippen LogP contribution in [0.4, 0.5) is 0 Å². The van der Waals surface area contributed by atoms with Crippen LogP contribution in [-0.2, 0) is 16.0 Å². The van der Waals surface area contributed by atoms with Crippen molar-refractivity contribution in [3.8, 4) is 11.5 Å². The number of hydrazine groups is 1. The molecule has 2 rings (SSSR count). The predicted molar refractivity (Wildman–Crippen MR) is 104 cm³/mol. The first-order chi connectivity index (χ1) is 12.9. The summed E-state index contributed by atoms with van der Waals surface area (Å²) in [6.07, 6.45) is 0.103. The van der Waals surface area contributed by atoms with Crippen LogP contribution in [0.3, 0.4) is 0 Å². The van der Waals surface area contributed by atoms with Crippen LogP contribution in [0.2, 0.25) is 0 Å². The Hall–Kier alpha value is -3.02. The number of aryl methyl sites for hydroxylation is 2. The van der Waals surface area contributed by atoms with Crippen LogP contribution in [-0.4, -0.2) is 25.0 Å². The first-order valence-electron chi connectivity index (χ1n) is 8.85. The summed E-state index contributed by atoms with van der Waals surface area (Å²) in [6, 6.07) is 13.2. The zero-order valence-electron chi connectivity index (χ0n) is 16.2. The normalized spacial score (nSPS) is 11.4. The van der Waals surface area contributed by atoms with E-state index >= 15 is 0 Å². The fourth-order valence-electron chi connectivity index (χ4n) is 2.44. The van der Waals surface area contributed by atoms with Gasteiger partial charge in [0.15, 0.2) is 6.10 Å². The lowest BCUT2D eigenvalue weighted by atomic mass is 10.1. The van der Waals surface area contributed by atoms with Gasteiger partial charge >= 0.3 is 0 Å². The minimum atomic E-state index is -0.729. The second-order valence-corrected chi connectivity index (χ2v) is 6.34. The highest BCUT2D eigenvalue weighted by Crippen LogP contribution is 2.21. The number of rotatable bonds is 7. The maximum Gasteiger partial charge on any atom is 0.279 e. The Morgan fingerprint density at radius 2 is 1.74 bits per heavy atom.